The first-order valence-corrected chi connectivity index (χ1v) is 4.70. The van der Waals surface area contributed by atoms with Gasteiger partial charge in [0, 0.05) is 11.8 Å². The van der Waals surface area contributed by atoms with Crippen LogP contribution in [-0.2, 0) is 4.79 Å². The van der Waals surface area contributed by atoms with E-state index in [1.165, 1.54) is 0 Å². The Morgan fingerprint density at radius 1 is 1.42 bits per heavy atom. The lowest BCUT2D eigenvalue weighted by atomic mass is 9.83. The minimum absolute atomic E-state index is 0. The smallest absolute Gasteiger partial charge is 0.154 e. The Balaban J connectivity index is 0.000000720. The zero-order valence-corrected chi connectivity index (χ0v) is 8.40. The molecule has 0 aliphatic carbocycles. The molecule has 4 heteroatoms. The van der Waals surface area contributed by atoms with E-state index in [9.17, 15) is 4.79 Å². The van der Waals surface area contributed by atoms with Crippen molar-refractivity contribution in [2.75, 3.05) is 19.0 Å². The molecule has 0 aromatic heterocycles. The molecule has 3 rings (SSSR count). The second kappa shape index (κ2) is 3.95. The first-order chi connectivity index (χ1) is 5.33. The molecule has 0 amide bonds. The van der Waals surface area contributed by atoms with Gasteiger partial charge < -0.3 is 0 Å². The molecule has 3 aliphatic heterocycles. The van der Waals surface area contributed by atoms with Crippen LogP contribution in [0, 0.1) is 5.92 Å². The van der Waals surface area contributed by atoms with E-state index in [1.54, 1.807) is 0 Å². The summed E-state index contributed by atoms with van der Waals surface area (Å²) in [5.74, 6) is 1.20. The van der Waals surface area contributed by atoms with Crippen molar-refractivity contribution in [2.45, 2.75) is 18.9 Å². The fraction of sp³-hybridized carbons (Fsp3) is 0.875. The van der Waals surface area contributed by atoms with Crippen LogP contribution in [-0.4, -0.2) is 35.7 Å². The van der Waals surface area contributed by atoms with Crippen molar-refractivity contribution in [1.82, 2.24) is 4.90 Å². The first kappa shape index (κ1) is 10.3. The molecule has 2 nitrogen and oxygen atoms in total. The number of alkyl halides is 1. The molecule has 1 atom stereocenters. The van der Waals surface area contributed by atoms with Gasteiger partial charge in [-0.05, 0) is 25.9 Å². The van der Waals surface area contributed by atoms with Crippen molar-refractivity contribution in [3.8, 4) is 0 Å². The summed E-state index contributed by atoms with van der Waals surface area (Å²) in [6.45, 7) is 2.15. The lowest BCUT2D eigenvalue weighted by Crippen LogP contribution is -2.56. The molecule has 2 bridgehead atoms. The van der Waals surface area contributed by atoms with E-state index in [2.05, 4.69) is 4.90 Å². The number of nitrogens with zero attached hydrogens (tertiary/aromatic N) is 1. The van der Waals surface area contributed by atoms with Crippen molar-refractivity contribution >= 4 is 29.8 Å². The zero-order chi connectivity index (χ0) is 7.84. The number of carbonyl (C=O) groups is 1. The fourth-order valence-corrected chi connectivity index (χ4v) is 2.47. The minimum Gasteiger partial charge on any atom is -0.298 e. The van der Waals surface area contributed by atoms with Gasteiger partial charge in [0.05, 0.1) is 6.04 Å². The first-order valence-electron chi connectivity index (χ1n) is 4.16. The Hall–Kier alpha value is 0.210. The molecular weight excluding hydrogens is 197 g/mol. The Bertz CT molecular complexity index is 178. The Labute approximate surface area is 83.7 Å². The zero-order valence-electron chi connectivity index (χ0n) is 6.83. The molecule has 3 fully saturated rings. The summed E-state index contributed by atoms with van der Waals surface area (Å²) in [4.78, 5) is 13.7. The Morgan fingerprint density at radius 2 is 2.00 bits per heavy atom. The number of carbonyl (C=O) groups excluding carboxylic acids is 1. The topological polar surface area (TPSA) is 20.3 Å². The second-order valence-corrected chi connectivity index (χ2v) is 3.69. The van der Waals surface area contributed by atoms with Crippen LogP contribution in [0.15, 0.2) is 0 Å². The molecule has 0 spiro atoms. The summed E-state index contributed by atoms with van der Waals surface area (Å²) in [7, 11) is 0. The highest BCUT2D eigenvalue weighted by Gasteiger charge is 2.39. The number of hydrogen-bond donors (Lipinski definition) is 0. The van der Waals surface area contributed by atoms with E-state index >= 15 is 0 Å². The van der Waals surface area contributed by atoms with Crippen molar-refractivity contribution in [1.29, 1.82) is 0 Å². The van der Waals surface area contributed by atoms with Gasteiger partial charge in [-0.2, -0.15) is 0 Å². The van der Waals surface area contributed by atoms with E-state index in [4.69, 9.17) is 11.6 Å². The van der Waals surface area contributed by atoms with Gasteiger partial charge in [-0.15, -0.1) is 24.0 Å². The monoisotopic (exact) mass is 209 g/mol. The number of Topliss-reactive ketones (excluding diaryl/α,β-unsaturated/α-hetero) is 1. The summed E-state index contributed by atoms with van der Waals surface area (Å²) in [5.41, 5.74) is 0. The van der Waals surface area contributed by atoms with Gasteiger partial charge in [0.2, 0.25) is 0 Å². The molecule has 70 valence electrons. The molecule has 0 saturated carbocycles. The van der Waals surface area contributed by atoms with Gasteiger partial charge in [-0.1, -0.05) is 0 Å². The average Bonchev–Trinajstić information content (AvgIpc) is 2.06. The van der Waals surface area contributed by atoms with Gasteiger partial charge in [-0.3, -0.25) is 9.69 Å². The number of rotatable bonds is 1. The van der Waals surface area contributed by atoms with E-state index in [0.29, 0.717) is 17.6 Å². The van der Waals surface area contributed by atoms with Gasteiger partial charge in [0.1, 0.15) is 0 Å². The highest BCUT2D eigenvalue weighted by atomic mass is 35.5. The molecular formula is C8H13Cl2NO. The summed E-state index contributed by atoms with van der Waals surface area (Å²) in [6, 6.07) is 0.0455. The summed E-state index contributed by atoms with van der Waals surface area (Å²) >= 11 is 5.71. The maximum Gasteiger partial charge on any atom is 0.154 e. The van der Waals surface area contributed by atoms with Crippen molar-refractivity contribution < 1.29 is 4.79 Å². The van der Waals surface area contributed by atoms with Crippen LogP contribution in [0.5, 0.6) is 0 Å². The van der Waals surface area contributed by atoms with Crippen LogP contribution >= 0.6 is 24.0 Å². The lowest BCUT2D eigenvalue weighted by molar-refractivity contribution is -0.135. The van der Waals surface area contributed by atoms with Crippen LogP contribution in [0.1, 0.15) is 12.8 Å². The predicted molar refractivity (Wildman–Crippen MR) is 51.1 cm³/mol. The van der Waals surface area contributed by atoms with Crippen LogP contribution < -0.4 is 0 Å². The minimum atomic E-state index is 0. The van der Waals surface area contributed by atoms with Gasteiger partial charge in [-0.25, -0.2) is 0 Å². The highest BCUT2D eigenvalue weighted by molar-refractivity contribution is 6.20. The fourth-order valence-electron chi connectivity index (χ4n) is 2.12. The molecule has 0 N–H and O–H groups in total. The van der Waals surface area contributed by atoms with E-state index in [1.807, 2.05) is 0 Å². The molecule has 12 heavy (non-hydrogen) atoms. The summed E-state index contributed by atoms with van der Waals surface area (Å²) < 4.78 is 0. The predicted octanol–water partition coefficient (Wildman–Crippen LogP) is 1.31. The third kappa shape index (κ3) is 1.48. The maximum absolute atomic E-state index is 11.5. The van der Waals surface area contributed by atoms with Gasteiger partial charge in [0.25, 0.3) is 0 Å². The van der Waals surface area contributed by atoms with Crippen molar-refractivity contribution in [2.24, 2.45) is 5.92 Å². The largest absolute Gasteiger partial charge is 0.298 e. The molecule has 0 aromatic rings. The molecule has 0 radical (unpaired) electrons. The Kier molecular flexibility index (Phi) is 3.38. The van der Waals surface area contributed by atoms with Crippen LogP contribution in [0.4, 0.5) is 0 Å². The molecule has 0 aromatic carbocycles. The second-order valence-electron chi connectivity index (χ2n) is 3.38. The summed E-state index contributed by atoms with van der Waals surface area (Å²) in [5, 5.41) is 0. The quantitative estimate of drug-likeness (QED) is 0.608. The SMILES string of the molecule is Cl.O=C1C2CCN(CC2)C1CCl. The van der Waals surface area contributed by atoms with Crippen LogP contribution in [0.2, 0.25) is 0 Å². The third-order valence-electron chi connectivity index (χ3n) is 2.85. The molecule has 1 unspecified atom stereocenters. The number of piperidine rings is 3. The van der Waals surface area contributed by atoms with Crippen molar-refractivity contribution in [3.63, 3.8) is 0 Å². The maximum atomic E-state index is 11.5. The number of fused-ring (bicyclic) bond motifs is 3. The average molecular weight is 210 g/mol. The van der Waals surface area contributed by atoms with E-state index < -0.39 is 0 Å². The van der Waals surface area contributed by atoms with Crippen LogP contribution in [0.25, 0.3) is 0 Å². The van der Waals surface area contributed by atoms with E-state index in [-0.39, 0.29) is 18.4 Å². The molecule has 3 saturated heterocycles. The third-order valence-corrected chi connectivity index (χ3v) is 3.14. The lowest BCUT2D eigenvalue weighted by Gasteiger charge is -2.43. The van der Waals surface area contributed by atoms with Gasteiger partial charge in [0.15, 0.2) is 5.78 Å². The Morgan fingerprint density at radius 3 is 2.33 bits per heavy atom. The molecule has 3 aliphatic rings. The summed E-state index contributed by atoms with van der Waals surface area (Å²) in [6.07, 6.45) is 2.12. The standard InChI is InChI=1S/C8H12ClNO.ClH/c9-5-7-8(11)6-1-3-10(7)4-2-6;/h6-7H,1-5H2;1H. The van der Waals surface area contributed by atoms with E-state index in [0.717, 1.165) is 25.9 Å². The van der Waals surface area contributed by atoms with Crippen molar-refractivity contribution in [3.05, 3.63) is 0 Å². The highest BCUT2D eigenvalue weighted by Crippen LogP contribution is 2.29. The van der Waals surface area contributed by atoms with Gasteiger partial charge >= 0.3 is 0 Å². The van der Waals surface area contributed by atoms with Crippen LogP contribution in [0.3, 0.4) is 0 Å². The number of hydrogen-bond acceptors (Lipinski definition) is 2. The normalized spacial score (nSPS) is 39.4. The molecule has 3 heterocycles. The number of halogens is 2. The number of ketones is 1.